The van der Waals surface area contributed by atoms with Gasteiger partial charge in [0.05, 0.1) is 12.2 Å². The van der Waals surface area contributed by atoms with Crippen LogP contribution in [0.15, 0.2) is 12.1 Å². The molecule has 0 fully saturated rings. The first-order chi connectivity index (χ1) is 13.0. The number of carbonyl (C=O) groups is 2. The Morgan fingerprint density at radius 1 is 1.29 bits per heavy atom. The summed E-state index contributed by atoms with van der Waals surface area (Å²) in [6.45, 7) is 7.13. The summed E-state index contributed by atoms with van der Waals surface area (Å²) >= 11 is 0. The fourth-order valence-electron chi connectivity index (χ4n) is 2.59. The minimum atomic E-state index is -1.12. The summed E-state index contributed by atoms with van der Waals surface area (Å²) in [6, 6.07) is 2.02. The predicted molar refractivity (Wildman–Crippen MR) is 102 cm³/mol. The second kappa shape index (κ2) is 8.28. The van der Waals surface area contributed by atoms with Crippen LogP contribution in [0.2, 0.25) is 0 Å². The van der Waals surface area contributed by atoms with Crippen molar-refractivity contribution >= 4 is 23.9 Å². The lowest BCUT2D eigenvalue weighted by molar-refractivity contribution is 0.0517. The number of nitrogens with one attached hydrogen (secondary N) is 3. The molecule has 152 valence electrons. The van der Waals surface area contributed by atoms with E-state index in [9.17, 15) is 14.7 Å². The smallest absolute Gasteiger partial charge is 0.408 e. The van der Waals surface area contributed by atoms with Gasteiger partial charge in [-0.1, -0.05) is 0 Å². The Bertz CT molecular complexity index is 813. The lowest BCUT2D eigenvalue weighted by Crippen LogP contribution is -2.42. The molecule has 0 saturated carbocycles. The molecule has 1 aromatic rings. The Morgan fingerprint density at radius 3 is 2.57 bits per heavy atom. The van der Waals surface area contributed by atoms with Gasteiger partial charge in [0.15, 0.2) is 0 Å². The Kier molecular flexibility index (Phi) is 6.27. The molecule has 0 radical (unpaired) electrons. The molecule has 1 aliphatic heterocycles. The van der Waals surface area contributed by atoms with Crippen LogP contribution < -0.4 is 10.1 Å². The number of ether oxygens (including phenoxy) is 3. The number of hydrogen-bond donors (Lipinski definition) is 4. The summed E-state index contributed by atoms with van der Waals surface area (Å²) in [5, 5.41) is 27.9. The highest BCUT2D eigenvalue weighted by Gasteiger charge is 2.24. The lowest BCUT2D eigenvalue weighted by atomic mass is 9.97. The van der Waals surface area contributed by atoms with Gasteiger partial charge in [-0.15, -0.1) is 0 Å². The van der Waals surface area contributed by atoms with Gasteiger partial charge in [-0.25, -0.2) is 9.59 Å². The van der Waals surface area contributed by atoms with Crippen LogP contribution in [0.5, 0.6) is 5.75 Å². The number of carboxylic acid groups (broad SMARTS) is 1. The number of fused-ring (bicyclic) bond motifs is 1. The topological polar surface area (TPSA) is 142 Å². The van der Waals surface area contributed by atoms with Gasteiger partial charge in [-0.3, -0.25) is 10.8 Å². The van der Waals surface area contributed by atoms with Gasteiger partial charge in [-0.2, -0.15) is 0 Å². The average Bonchev–Trinajstić information content (AvgIpc) is 2.58. The number of aromatic carboxylic acids is 1. The maximum absolute atomic E-state index is 11.8. The SMILES string of the molecule is CC(NC(=O)OC(C)(C)C)C(=N)OC(=N)c1cc2c(c(C(=O)O)c1)CCCO2. The van der Waals surface area contributed by atoms with Crippen molar-refractivity contribution in [1.29, 1.82) is 10.8 Å². The highest BCUT2D eigenvalue weighted by molar-refractivity contribution is 6.03. The molecule has 1 amide bonds. The molecule has 2 rings (SSSR count). The number of rotatable bonds is 4. The van der Waals surface area contributed by atoms with Crippen molar-refractivity contribution in [2.75, 3.05) is 6.61 Å². The molecule has 0 saturated heterocycles. The van der Waals surface area contributed by atoms with Crippen molar-refractivity contribution in [3.63, 3.8) is 0 Å². The molecule has 1 atom stereocenters. The molecule has 1 unspecified atom stereocenters. The molecule has 4 N–H and O–H groups in total. The van der Waals surface area contributed by atoms with Gasteiger partial charge in [0.2, 0.25) is 11.8 Å². The second-order valence-corrected chi connectivity index (χ2v) is 7.42. The molecule has 1 aliphatic rings. The van der Waals surface area contributed by atoms with Gasteiger partial charge >= 0.3 is 12.1 Å². The molecule has 9 nitrogen and oxygen atoms in total. The number of alkyl carbamates (subject to hydrolysis) is 1. The van der Waals surface area contributed by atoms with Crippen molar-refractivity contribution in [2.45, 2.75) is 52.2 Å². The third-order valence-electron chi connectivity index (χ3n) is 3.87. The average molecular weight is 391 g/mol. The van der Waals surface area contributed by atoms with Crippen LogP contribution in [-0.4, -0.2) is 47.2 Å². The Hall–Kier alpha value is -3.10. The summed E-state index contributed by atoms with van der Waals surface area (Å²) in [5.41, 5.74) is 0.125. The summed E-state index contributed by atoms with van der Waals surface area (Å²) in [6.07, 6.45) is 0.590. The molecule has 1 aromatic carbocycles. The standard InChI is InChI=1S/C19H25N3O6/c1-10(22-18(25)28-19(2,3)4)15(20)27-16(21)11-8-13(17(23)24)12-6-5-7-26-14(12)9-11/h8-10,20-21H,5-7H2,1-4H3,(H,22,25)(H,23,24). The normalized spacial score (nSPS) is 14.1. The summed E-state index contributed by atoms with van der Waals surface area (Å²) in [4.78, 5) is 23.3. The van der Waals surface area contributed by atoms with E-state index in [4.69, 9.17) is 25.0 Å². The monoisotopic (exact) mass is 391 g/mol. The van der Waals surface area contributed by atoms with E-state index in [1.807, 2.05) is 0 Å². The summed E-state index contributed by atoms with van der Waals surface area (Å²) in [5.74, 6) is -1.51. The van der Waals surface area contributed by atoms with Crippen molar-refractivity contribution in [2.24, 2.45) is 0 Å². The maximum atomic E-state index is 11.8. The van der Waals surface area contributed by atoms with Gasteiger partial charge in [0, 0.05) is 11.1 Å². The molecule has 0 spiro atoms. The highest BCUT2D eigenvalue weighted by atomic mass is 16.6. The molecule has 0 aromatic heterocycles. The third kappa shape index (κ3) is 5.45. The van der Waals surface area contributed by atoms with Gasteiger partial charge in [-0.05, 0) is 52.7 Å². The zero-order valence-corrected chi connectivity index (χ0v) is 16.3. The quantitative estimate of drug-likeness (QED) is 0.459. The van der Waals surface area contributed by atoms with E-state index in [1.165, 1.54) is 19.1 Å². The first kappa shape index (κ1) is 21.2. The largest absolute Gasteiger partial charge is 0.493 e. The van der Waals surface area contributed by atoms with E-state index in [1.54, 1.807) is 20.8 Å². The van der Waals surface area contributed by atoms with Crippen molar-refractivity contribution in [3.05, 3.63) is 28.8 Å². The summed E-state index contributed by atoms with van der Waals surface area (Å²) in [7, 11) is 0. The highest BCUT2D eigenvalue weighted by Crippen LogP contribution is 2.30. The second-order valence-electron chi connectivity index (χ2n) is 7.42. The van der Waals surface area contributed by atoms with Crippen LogP contribution in [-0.2, 0) is 15.9 Å². The van der Waals surface area contributed by atoms with Crippen LogP contribution in [0, 0.1) is 10.8 Å². The number of carboxylic acids is 1. The van der Waals surface area contributed by atoms with Crippen LogP contribution in [0.3, 0.4) is 0 Å². The minimum Gasteiger partial charge on any atom is -0.493 e. The van der Waals surface area contributed by atoms with E-state index >= 15 is 0 Å². The first-order valence-electron chi connectivity index (χ1n) is 8.85. The maximum Gasteiger partial charge on any atom is 0.408 e. The predicted octanol–water partition coefficient (Wildman–Crippen LogP) is 2.94. The Labute approximate surface area is 163 Å². The van der Waals surface area contributed by atoms with Gasteiger partial charge < -0.3 is 24.6 Å². The molecule has 28 heavy (non-hydrogen) atoms. The summed E-state index contributed by atoms with van der Waals surface area (Å²) < 4.78 is 15.8. The zero-order valence-electron chi connectivity index (χ0n) is 16.3. The number of amides is 1. The van der Waals surface area contributed by atoms with Crippen LogP contribution in [0.4, 0.5) is 4.79 Å². The minimum absolute atomic E-state index is 0.0482. The van der Waals surface area contributed by atoms with Crippen molar-refractivity contribution in [3.8, 4) is 5.75 Å². The third-order valence-corrected chi connectivity index (χ3v) is 3.87. The van der Waals surface area contributed by atoms with E-state index < -0.39 is 29.6 Å². The van der Waals surface area contributed by atoms with E-state index in [0.717, 1.165) is 6.42 Å². The zero-order chi connectivity index (χ0) is 21.1. The van der Waals surface area contributed by atoms with E-state index in [-0.39, 0.29) is 17.0 Å². The Morgan fingerprint density at radius 2 is 1.96 bits per heavy atom. The molecular weight excluding hydrogens is 366 g/mol. The van der Waals surface area contributed by atoms with Crippen molar-refractivity contribution < 1.29 is 28.9 Å². The fourth-order valence-corrected chi connectivity index (χ4v) is 2.59. The lowest BCUT2D eigenvalue weighted by Gasteiger charge is -2.22. The molecule has 9 heteroatoms. The number of benzene rings is 1. The van der Waals surface area contributed by atoms with E-state index in [2.05, 4.69) is 5.32 Å². The molecule has 0 aliphatic carbocycles. The van der Waals surface area contributed by atoms with Crippen LogP contribution >= 0.6 is 0 Å². The van der Waals surface area contributed by atoms with Crippen LogP contribution in [0.25, 0.3) is 0 Å². The number of hydrogen-bond acceptors (Lipinski definition) is 7. The fraction of sp³-hybridized carbons (Fsp3) is 0.474. The van der Waals surface area contributed by atoms with Crippen molar-refractivity contribution in [1.82, 2.24) is 5.32 Å². The molecule has 1 heterocycles. The van der Waals surface area contributed by atoms with E-state index in [0.29, 0.717) is 24.3 Å². The van der Waals surface area contributed by atoms with Gasteiger partial charge in [0.1, 0.15) is 17.4 Å². The first-order valence-corrected chi connectivity index (χ1v) is 8.85. The van der Waals surface area contributed by atoms with Crippen LogP contribution in [0.1, 0.15) is 55.6 Å². The Balaban J connectivity index is 2.10. The number of carbonyl (C=O) groups excluding carboxylic acids is 1. The molecule has 0 bridgehead atoms. The molecular formula is C19H25N3O6. The van der Waals surface area contributed by atoms with Gasteiger partial charge in [0.25, 0.3) is 0 Å².